The summed E-state index contributed by atoms with van der Waals surface area (Å²) in [4.78, 5) is 15.1. The van der Waals surface area contributed by atoms with E-state index in [4.69, 9.17) is 5.73 Å². The minimum atomic E-state index is -0.392. The Morgan fingerprint density at radius 2 is 2.64 bits per heavy atom. The molecule has 0 bridgehead atoms. The number of nitrogens with zero attached hydrogens (tertiary/aromatic N) is 1. The van der Waals surface area contributed by atoms with Crippen LogP contribution in [0.5, 0.6) is 0 Å². The van der Waals surface area contributed by atoms with E-state index >= 15 is 0 Å². The quantitative estimate of drug-likeness (QED) is 0.690. The SMILES string of the molecule is CC[C@H](N)C(=O)c1cscn1. The molecule has 0 unspecified atom stereocenters. The molecule has 0 aliphatic carbocycles. The topological polar surface area (TPSA) is 56.0 Å². The highest BCUT2D eigenvalue weighted by molar-refractivity contribution is 7.07. The third kappa shape index (κ3) is 1.85. The van der Waals surface area contributed by atoms with Gasteiger partial charge in [-0.05, 0) is 6.42 Å². The number of ketones is 1. The first-order chi connectivity index (χ1) is 5.25. The molecule has 0 aliphatic heterocycles. The minimum Gasteiger partial charge on any atom is -0.321 e. The number of nitrogens with two attached hydrogens (primary N) is 1. The molecule has 4 heteroatoms. The third-order valence-electron chi connectivity index (χ3n) is 1.46. The van der Waals surface area contributed by atoms with Gasteiger partial charge in [-0.2, -0.15) is 0 Å². The zero-order valence-corrected chi connectivity index (χ0v) is 7.10. The van der Waals surface area contributed by atoms with Crippen molar-refractivity contribution in [2.75, 3.05) is 0 Å². The molecule has 0 radical (unpaired) electrons. The number of aromatic nitrogens is 1. The molecule has 0 fully saturated rings. The number of rotatable bonds is 3. The molecule has 0 aromatic carbocycles. The van der Waals surface area contributed by atoms with Crippen molar-refractivity contribution in [1.82, 2.24) is 4.98 Å². The first-order valence-electron chi connectivity index (χ1n) is 3.43. The molecule has 3 nitrogen and oxygen atoms in total. The fourth-order valence-corrected chi connectivity index (χ4v) is 1.25. The Labute approximate surface area is 69.3 Å². The average Bonchev–Trinajstić information content (AvgIpc) is 2.53. The van der Waals surface area contributed by atoms with Gasteiger partial charge < -0.3 is 5.73 Å². The van der Waals surface area contributed by atoms with Crippen LogP contribution in [0.4, 0.5) is 0 Å². The van der Waals surface area contributed by atoms with Gasteiger partial charge in [-0.3, -0.25) is 4.79 Å². The normalized spacial score (nSPS) is 12.9. The standard InChI is InChI=1S/C7H10N2OS/c1-2-5(8)7(10)6-3-11-4-9-6/h3-5H,2,8H2,1H3/t5-/m0/s1. The summed E-state index contributed by atoms with van der Waals surface area (Å²) >= 11 is 1.41. The first-order valence-corrected chi connectivity index (χ1v) is 4.38. The maximum Gasteiger partial charge on any atom is 0.198 e. The Kier molecular flexibility index (Phi) is 2.73. The highest BCUT2D eigenvalue weighted by Crippen LogP contribution is 2.04. The summed E-state index contributed by atoms with van der Waals surface area (Å²) in [6.07, 6.45) is 0.663. The molecule has 1 atom stereocenters. The molecule has 0 spiro atoms. The lowest BCUT2D eigenvalue weighted by Crippen LogP contribution is -2.29. The zero-order chi connectivity index (χ0) is 8.27. The molecule has 1 rings (SSSR count). The van der Waals surface area contributed by atoms with E-state index in [2.05, 4.69) is 4.98 Å². The predicted octanol–water partition coefficient (Wildman–Crippen LogP) is 1.06. The van der Waals surface area contributed by atoms with Gasteiger partial charge in [-0.25, -0.2) is 4.98 Å². The van der Waals surface area contributed by atoms with Crippen LogP contribution in [-0.2, 0) is 0 Å². The van der Waals surface area contributed by atoms with E-state index in [-0.39, 0.29) is 5.78 Å². The van der Waals surface area contributed by atoms with Crippen LogP contribution in [-0.4, -0.2) is 16.8 Å². The van der Waals surface area contributed by atoms with Gasteiger partial charge in [0.2, 0.25) is 0 Å². The van der Waals surface area contributed by atoms with Gasteiger partial charge in [0.1, 0.15) is 5.69 Å². The van der Waals surface area contributed by atoms with E-state index < -0.39 is 6.04 Å². The van der Waals surface area contributed by atoms with Gasteiger partial charge in [-0.15, -0.1) is 11.3 Å². The highest BCUT2D eigenvalue weighted by atomic mass is 32.1. The van der Waals surface area contributed by atoms with E-state index in [1.165, 1.54) is 11.3 Å². The molecule has 0 amide bonds. The van der Waals surface area contributed by atoms with Crippen LogP contribution >= 0.6 is 11.3 Å². The highest BCUT2D eigenvalue weighted by Gasteiger charge is 2.14. The van der Waals surface area contributed by atoms with Crippen LogP contribution < -0.4 is 5.73 Å². The van der Waals surface area contributed by atoms with Crippen molar-refractivity contribution in [2.24, 2.45) is 5.73 Å². The predicted molar refractivity (Wildman–Crippen MR) is 44.7 cm³/mol. The molecule has 0 aliphatic rings. The van der Waals surface area contributed by atoms with Crippen molar-refractivity contribution in [3.8, 4) is 0 Å². The van der Waals surface area contributed by atoms with Crippen molar-refractivity contribution >= 4 is 17.1 Å². The molecule has 1 heterocycles. The Morgan fingerprint density at radius 3 is 3.09 bits per heavy atom. The number of carbonyl (C=O) groups is 1. The third-order valence-corrected chi connectivity index (χ3v) is 2.05. The smallest absolute Gasteiger partial charge is 0.198 e. The maximum absolute atomic E-state index is 11.3. The van der Waals surface area contributed by atoms with Crippen LogP contribution in [0.3, 0.4) is 0 Å². The van der Waals surface area contributed by atoms with Gasteiger partial charge in [0.15, 0.2) is 5.78 Å². The Balaban J connectivity index is 2.70. The number of carbonyl (C=O) groups excluding carboxylic acids is 1. The van der Waals surface area contributed by atoms with Crippen molar-refractivity contribution in [1.29, 1.82) is 0 Å². The zero-order valence-electron chi connectivity index (χ0n) is 6.28. The van der Waals surface area contributed by atoms with Crippen molar-refractivity contribution in [3.05, 3.63) is 16.6 Å². The number of hydrogen-bond acceptors (Lipinski definition) is 4. The Bertz CT molecular complexity index is 233. The molecule has 11 heavy (non-hydrogen) atoms. The van der Waals surface area contributed by atoms with E-state index in [0.29, 0.717) is 12.1 Å². The van der Waals surface area contributed by atoms with E-state index in [1.807, 2.05) is 6.92 Å². The van der Waals surface area contributed by atoms with Crippen LogP contribution in [0.15, 0.2) is 10.9 Å². The number of hydrogen-bond donors (Lipinski definition) is 1. The second-order valence-corrected chi connectivity index (χ2v) is 2.97. The summed E-state index contributed by atoms with van der Waals surface area (Å²) in [5, 5.41) is 1.72. The second-order valence-electron chi connectivity index (χ2n) is 2.25. The fraction of sp³-hybridized carbons (Fsp3) is 0.429. The minimum absolute atomic E-state index is 0.0613. The summed E-state index contributed by atoms with van der Waals surface area (Å²) in [5.41, 5.74) is 7.65. The molecule has 60 valence electrons. The monoisotopic (exact) mass is 170 g/mol. The maximum atomic E-state index is 11.3. The second kappa shape index (κ2) is 3.59. The van der Waals surface area contributed by atoms with Crippen molar-refractivity contribution in [3.63, 3.8) is 0 Å². The largest absolute Gasteiger partial charge is 0.321 e. The summed E-state index contributed by atoms with van der Waals surface area (Å²) < 4.78 is 0. The lowest BCUT2D eigenvalue weighted by atomic mass is 10.1. The van der Waals surface area contributed by atoms with E-state index in [9.17, 15) is 4.79 Å². The summed E-state index contributed by atoms with van der Waals surface area (Å²) in [6.45, 7) is 1.88. The first kappa shape index (κ1) is 8.36. The Hall–Kier alpha value is -0.740. The van der Waals surface area contributed by atoms with Gasteiger partial charge in [0.05, 0.1) is 11.6 Å². The van der Waals surface area contributed by atoms with Crippen molar-refractivity contribution in [2.45, 2.75) is 19.4 Å². The summed E-state index contributed by atoms with van der Waals surface area (Å²) in [7, 11) is 0. The Morgan fingerprint density at radius 1 is 1.91 bits per heavy atom. The van der Waals surface area contributed by atoms with Crippen LogP contribution in [0.25, 0.3) is 0 Å². The molecule has 1 aromatic rings. The lowest BCUT2D eigenvalue weighted by molar-refractivity contribution is 0.0955. The molecule has 0 saturated carbocycles. The fourth-order valence-electron chi connectivity index (χ4n) is 0.710. The number of thiazole rings is 1. The van der Waals surface area contributed by atoms with E-state index in [0.717, 1.165) is 0 Å². The molecule has 0 saturated heterocycles. The van der Waals surface area contributed by atoms with Gasteiger partial charge in [0.25, 0.3) is 0 Å². The molecular formula is C7H10N2OS. The number of Topliss-reactive ketones (excluding diaryl/α,β-unsaturated/α-hetero) is 1. The molecule has 2 N–H and O–H groups in total. The summed E-state index contributed by atoms with van der Waals surface area (Å²) in [6, 6.07) is -0.392. The molecule has 1 aromatic heterocycles. The van der Waals surface area contributed by atoms with Crippen LogP contribution in [0.1, 0.15) is 23.8 Å². The summed E-state index contributed by atoms with van der Waals surface area (Å²) in [5.74, 6) is -0.0613. The van der Waals surface area contributed by atoms with E-state index in [1.54, 1.807) is 10.9 Å². The van der Waals surface area contributed by atoms with Gasteiger partial charge in [0, 0.05) is 5.38 Å². The molecular weight excluding hydrogens is 160 g/mol. The van der Waals surface area contributed by atoms with Crippen molar-refractivity contribution < 1.29 is 4.79 Å². The van der Waals surface area contributed by atoms with Gasteiger partial charge in [-0.1, -0.05) is 6.92 Å². The van der Waals surface area contributed by atoms with Crippen LogP contribution in [0, 0.1) is 0 Å². The lowest BCUT2D eigenvalue weighted by Gasteiger charge is -2.03. The van der Waals surface area contributed by atoms with Gasteiger partial charge >= 0.3 is 0 Å². The average molecular weight is 170 g/mol. The van der Waals surface area contributed by atoms with Crippen LogP contribution in [0.2, 0.25) is 0 Å².